The number of aliphatic hydroxyl groups is 1. The first-order valence-corrected chi connectivity index (χ1v) is 7.70. The third kappa shape index (κ3) is 3.04. The van der Waals surface area contributed by atoms with Crippen molar-refractivity contribution in [2.24, 2.45) is 0 Å². The Morgan fingerprint density at radius 1 is 1.39 bits per heavy atom. The van der Waals surface area contributed by atoms with Crippen molar-refractivity contribution in [3.8, 4) is 11.8 Å². The number of fused-ring (bicyclic) bond motifs is 1. The number of rotatable bonds is 1. The fourth-order valence-corrected chi connectivity index (χ4v) is 3.37. The van der Waals surface area contributed by atoms with Gasteiger partial charge in [-0.3, -0.25) is 4.79 Å². The van der Waals surface area contributed by atoms with Crippen LogP contribution in [0.15, 0.2) is 18.2 Å². The molecule has 0 spiro atoms. The zero-order chi connectivity index (χ0) is 17.6. The first-order chi connectivity index (χ1) is 10.5. The van der Waals surface area contributed by atoms with Crippen LogP contribution < -0.4 is 4.74 Å². The molecule has 0 radical (unpaired) electrons. The van der Waals surface area contributed by atoms with E-state index >= 15 is 0 Å². The SMILES string of the molecule is CC(=O)N([C@H]1[C@H](O)c2cc(C#N)ccc2OC1(C)C)C(C)(C)C. The smallest absolute Gasteiger partial charge is 0.220 e. The quantitative estimate of drug-likeness (QED) is 0.864. The Balaban J connectivity index is 2.59. The predicted molar refractivity (Wildman–Crippen MR) is 86.9 cm³/mol. The second kappa shape index (κ2) is 5.54. The minimum absolute atomic E-state index is 0.127. The average molecular weight is 316 g/mol. The summed E-state index contributed by atoms with van der Waals surface area (Å²) < 4.78 is 6.06. The number of benzene rings is 1. The van der Waals surface area contributed by atoms with Gasteiger partial charge >= 0.3 is 0 Å². The lowest BCUT2D eigenvalue weighted by molar-refractivity contribution is -0.155. The molecular weight excluding hydrogens is 292 g/mol. The van der Waals surface area contributed by atoms with Crippen molar-refractivity contribution in [2.75, 3.05) is 0 Å². The van der Waals surface area contributed by atoms with Crippen molar-refractivity contribution in [3.63, 3.8) is 0 Å². The van der Waals surface area contributed by atoms with Gasteiger partial charge in [0.25, 0.3) is 0 Å². The lowest BCUT2D eigenvalue weighted by atomic mass is 9.82. The summed E-state index contributed by atoms with van der Waals surface area (Å²) in [4.78, 5) is 13.9. The van der Waals surface area contributed by atoms with Crippen LogP contribution in [0.2, 0.25) is 0 Å². The van der Waals surface area contributed by atoms with E-state index in [9.17, 15) is 9.90 Å². The van der Waals surface area contributed by atoms with E-state index in [4.69, 9.17) is 10.00 Å². The Hall–Kier alpha value is -2.06. The summed E-state index contributed by atoms with van der Waals surface area (Å²) in [6.07, 6.45) is -0.926. The summed E-state index contributed by atoms with van der Waals surface area (Å²) >= 11 is 0. The number of carbonyl (C=O) groups is 1. The van der Waals surface area contributed by atoms with Crippen molar-refractivity contribution in [1.29, 1.82) is 5.26 Å². The Kier molecular flexibility index (Phi) is 4.16. The Morgan fingerprint density at radius 2 is 2.00 bits per heavy atom. The molecular formula is C18H24N2O3. The fraction of sp³-hybridized carbons (Fsp3) is 0.556. The number of hydrogen-bond donors (Lipinski definition) is 1. The van der Waals surface area contributed by atoms with Crippen molar-refractivity contribution in [1.82, 2.24) is 4.90 Å². The number of carbonyl (C=O) groups excluding carboxylic acids is 1. The van der Waals surface area contributed by atoms with Gasteiger partial charge in [0.2, 0.25) is 5.91 Å². The highest BCUT2D eigenvalue weighted by molar-refractivity contribution is 5.75. The van der Waals surface area contributed by atoms with Crippen molar-refractivity contribution in [2.45, 2.75) is 64.8 Å². The molecule has 0 unspecified atom stereocenters. The molecule has 0 bridgehead atoms. The van der Waals surface area contributed by atoms with Gasteiger partial charge in [0, 0.05) is 18.0 Å². The second-order valence-electron chi connectivity index (χ2n) is 7.52. The highest BCUT2D eigenvalue weighted by atomic mass is 16.5. The third-order valence-electron chi connectivity index (χ3n) is 4.18. The first-order valence-electron chi connectivity index (χ1n) is 7.70. The van der Waals surface area contributed by atoms with E-state index in [-0.39, 0.29) is 5.91 Å². The molecule has 0 fully saturated rings. The van der Waals surface area contributed by atoms with Crippen molar-refractivity contribution < 1.29 is 14.6 Å². The van der Waals surface area contributed by atoms with Gasteiger partial charge in [0.05, 0.1) is 11.6 Å². The number of aliphatic hydroxyl groups excluding tert-OH is 1. The maximum absolute atomic E-state index is 12.3. The van der Waals surface area contributed by atoms with E-state index in [2.05, 4.69) is 6.07 Å². The number of hydrogen-bond acceptors (Lipinski definition) is 4. The fourth-order valence-electron chi connectivity index (χ4n) is 3.37. The van der Waals surface area contributed by atoms with Gasteiger partial charge in [-0.05, 0) is 52.8 Å². The summed E-state index contributed by atoms with van der Waals surface area (Å²) in [5.74, 6) is 0.424. The van der Waals surface area contributed by atoms with Gasteiger partial charge in [0.15, 0.2) is 0 Å². The van der Waals surface area contributed by atoms with Crippen LogP contribution in [0.25, 0.3) is 0 Å². The molecule has 5 nitrogen and oxygen atoms in total. The Bertz CT molecular complexity index is 668. The van der Waals surface area contributed by atoms with E-state index in [0.717, 1.165) is 0 Å². The molecule has 1 amide bonds. The third-order valence-corrected chi connectivity index (χ3v) is 4.18. The van der Waals surface area contributed by atoms with Crippen LogP contribution in [0.3, 0.4) is 0 Å². The van der Waals surface area contributed by atoms with Crippen LogP contribution in [-0.4, -0.2) is 33.1 Å². The predicted octanol–water partition coefficient (Wildman–Crippen LogP) is 2.78. The van der Waals surface area contributed by atoms with Crippen LogP contribution in [0.1, 0.15) is 58.8 Å². The summed E-state index contributed by atoms with van der Waals surface area (Å²) in [5, 5.41) is 20.1. The lowest BCUT2D eigenvalue weighted by Crippen LogP contribution is -2.63. The average Bonchev–Trinajstić information content (AvgIpc) is 2.40. The van der Waals surface area contributed by atoms with Gasteiger partial charge in [-0.1, -0.05) is 0 Å². The van der Waals surface area contributed by atoms with Gasteiger partial charge in [-0.15, -0.1) is 0 Å². The standard InChI is InChI=1S/C18H24N2O3/c1-11(21)20(17(2,3)4)16-15(22)13-9-12(10-19)7-8-14(13)23-18(16,5)6/h7-9,15-16,22H,1-6H3/t15-,16+/m1/s1. The van der Waals surface area contributed by atoms with Crippen molar-refractivity contribution >= 4 is 5.91 Å². The first kappa shape index (κ1) is 17.3. The van der Waals surface area contributed by atoms with Crippen LogP contribution in [0, 0.1) is 11.3 Å². The number of nitriles is 1. The van der Waals surface area contributed by atoms with E-state index in [0.29, 0.717) is 16.9 Å². The highest BCUT2D eigenvalue weighted by Crippen LogP contribution is 2.44. The summed E-state index contributed by atoms with van der Waals surface area (Å²) in [5.41, 5.74) is -0.235. The minimum Gasteiger partial charge on any atom is -0.485 e. The molecule has 5 heteroatoms. The van der Waals surface area contributed by atoms with E-state index in [1.165, 1.54) is 6.92 Å². The largest absolute Gasteiger partial charge is 0.485 e. The highest BCUT2D eigenvalue weighted by Gasteiger charge is 2.50. The van der Waals surface area contributed by atoms with Gasteiger partial charge < -0.3 is 14.7 Å². The Morgan fingerprint density at radius 3 is 2.48 bits per heavy atom. The number of amides is 1. The monoisotopic (exact) mass is 316 g/mol. The molecule has 1 aromatic rings. The zero-order valence-corrected chi connectivity index (χ0v) is 14.5. The van der Waals surface area contributed by atoms with Crippen LogP contribution in [0.5, 0.6) is 5.75 Å². The Labute approximate surface area is 137 Å². The molecule has 1 N–H and O–H groups in total. The van der Waals surface area contributed by atoms with Crippen LogP contribution in [-0.2, 0) is 4.79 Å². The summed E-state index contributed by atoms with van der Waals surface area (Å²) in [7, 11) is 0. The van der Waals surface area contributed by atoms with E-state index in [1.807, 2.05) is 34.6 Å². The molecule has 0 saturated carbocycles. The molecule has 1 aliphatic heterocycles. The lowest BCUT2D eigenvalue weighted by Gasteiger charge is -2.52. The van der Waals surface area contributed by atoms with Gasteiger partial charge in [-0.2, -0.15) is 5.26 Å². The number of ether oxygens (including phenoxy) is 1. The molecule has 23 heavy (non-hydrogen) atoms. The summed E-state index contributed by atoms with van der Waals surface area (Å²) in [6, 6.07) is 6.50. The van der Waals surface area contributed by atoms with Crippen LogP contribution >= 0.6 is 0 Å². The van der Waals surface area contributed by atoms with Crippen LogP contribution in [0.4, 0.5) is 0 Å². The molecule has 0 aromatic heterocycles. The molecule has 0 saturated heterocycles. The number of nitrogens with zero attached hydrogens (tertiary/aromatic N) is 2. The normalized spacial score (nSPS) is 22.5. The summed E-state index contributed by atoms with van der Waals surface area (Å²) in [6.45, 7) is 11.0. The molecule has 124 valence electrons. The van der Waals surface area contributed by atoms with E-state index < -0.39 is 23.3 Å². The maximum atomic E-state index is 12.3. The molecule has 1 aromatic carbocycles. The zero-order valence-electron chi connectivity index (χ0n) is 14.5. The van der Waals surface area contributed by atoms with E-state index in [1.54, 1.807) is 23.1 Å². The minimum atomic E-state index is -0.926. The topological polar surface area (TPSA) is 73.6 Å². The second-order valence-corrected chi connectivity index (χ2v) is 7.52. The molecule has 2 rings (SSSR count). The van der Waals surface area contributed by atoms with Gasteiger partial charge in [-0.25, -0.2) is 0 Å². The molecule has 1 aliphatic rings. The molecule has 1 heterocycles. The maximum Gasteiger partial charge on any atom is 0.220 e. The van der Waals surface area contributed by atoms with Gasteiger partial charge in [0.1, 0.15) is 23.5 Å². The van der Waals surface area contributed by atoms with Crippen molar-refractivity contribution in [3.05, 3.63) is 29.3 Å². The molecule has 2 atom stereocenters. The molecule has 0 aliphatic carbocycles.